The van der Waals surface area contributed by atoms with E-state index in [1.165, 1.54) is 12.3 Å². The first-order valence-electron chi connectivity index (χ1n) is 6.14. The first kappa shape index (κ1) is 14.3. The number of hydrogen-bond donors (Lipinski definition) is 2. The summed E-state index contributed by atoms with van der Waals surface area (Å²) in [4.78, 5) is 30.0. The number of amides is 1. The fraction of sp³-hybridized carbons (Fsp3) is 0.214. The molecule has 2 rings (SSSR count). The zero-order valence-corrected chi connectivity index (χ0v) is 11.6. The van der Waals surface area contributed by atoms with Gasteiger partial charge in [0.1, 0.15) is 5.56 Å². The number of carbonyl (C=O) groups is 1. The van der Waals surface area contributed by atoms with E-state index in [-0.39, 0.29) is 11.6 Å². The molecular formula is C14H14ClN3O2. The van der Waals surface area contributed by atoms with Crippen molar-refractivity contribution in [1.82, 2.24) is 15.3 Å². The van der Waals surface area contributed by atoms with Gasteiger partial charge in [-0.15, -0.1) is 0 Å². The van der Waals surface area contributed by atoms with Crippen molar-refractivity contribution in [2.45, 2.75) is 19.4 Å². The zero-order chi connectivity index (χ0) is 14.5. The Balaban J connectivity index is 2.04. The number of halogens is 1. The van der Waals surface area contributed by atoms with Crippen molar-refractivity contribution in [3.05, 3.63) is 63.3 Å². The number of nitrogens with zero attached hydrogens (tertiary/aromatic N) is 1. The van der Waals surface area contributed by atoms with E-state index < -0.39 is 11.5 Å². The molecule has 0 aliphatic heterocycles. The van der Waals surface area contributed by atoms with Gasteiger partial charge in [0, 0.05) is 24.6 Å². The van der Waals surface area contributed by atoms with Crippen molar-refractivity contribution in [1.29, 1.82) is 0 Å². The van der Waals surface area contributed by atoms with Gasteiger partial charge in [-0.3, -0.25) is 14.6 Å². The second kappa shape index (κ2) is 6.34. The van der Waals surface area contributed by atoms with Crippen LogP contribution in [0.15, 0.2) is 41.6 Å². The highest BCUT2D eigenvalue weighted by atomic mass is 35.5. The monoisotopic (exact) mass is 291 g/mol. The van der Waals surface area contributed by atoms with Crippen molar-refractivity contribution < 1.29 is 4.79 Å². The van der Waals surface area contributed by atoms with Crippen LogP contribution in [-0.2, 0) is 6.42 Å². The molecule has 20 heavy (non-hydrogen) atoms. The molecule has 0 radical (unpaired) electrons. The quantitative estimate of drug-likeness (QED) is 0.902. The molecule has 2 heterocycles. The fourth-order valence-corrected chi connectivity index (χ4v) is 2.01. The maximum Gasteiger partial charge on any atom is 0.260 e. The van der Waals surface area contributed by atoms with Crippen LogP contribution in [0.1, 0.15) is 22.8 Å². The predicted octanol–water partition coefficient (Wildman–Crippen LogP) is 1.78. The molecule has 2 aromatic heterocycles. The van der Waals surface area contributed by atoms with Gasteiger partial charge in [0.25, 0.3) is 11.5 Å². The van der Waals surface area contributed by atoms with Crippen LogP contribution in [0.4, 0.5) is 0 Å². The van der Waals surface area contributed by atoms with Crippen LogP contribution in [-0.4, -0.2) is 21.9 Å². The summed E-state index contributed by atoms with van der Waals surface area (Å²) in [6, 6.07) is 5.00. The smallest absolute Gasteiger partial charge is 0.260 e. The summed E-state index contributed by atoms with van der Waals surface area (Å²) in [6.07, 6.45) is 5.42. The van der Waals surface area contributed by atoms with Crippen molar-refractivity contribution in [3.8, 4) is 0 Å². The van der Waals surface area contributed by atoms with Gasteiger partial charge >= 0.3 is 0 Å². The largest absolute Gasteiger partial charge is 0.349 e. The minimum Gasteiger partial charge on any atom is -0.349 e. The van der Waals surface area contributed by atoms with Crippen molar-refractivity contribution in [2.24, 2.45) is 0 Å². The summed E-state index contributed by atoms with van der Waals surface area (Å²) < 4.78 is 0. The lowest BCUT2D eigenvalue weighted by atomic mass is 10.1. The molecular weight excluding hydrogens is 278 g/mol. The minimum absolute atomic E-state index is 0.00976. The van der Waals surface area contributed by atoms with Gasteiger partial charge < -0.3 is 10.3 Å². The van der Waals surface area contributed by atoms with E-state index >= 15 is 0 Å². The van der Waals surface area contributed by atoms with E-state index in [0.29, 0.717) is 11.4 Å². The number of hydrogen-bond acceptors (Lipinski definition) is 3. The van der Waals surface area contributed by atoms with Gasteiger partial charge in [0.15, 0.2) is 0 Å². The Morgan fingerprint density at radius 3 is 3.05 bits per heavy atom. The zero-order valence-electron chi connectivity index (χ0n) is 10.9. The molecule has 0 unspecified atom stereocenters. The Hall–Kier alpha value is -2.14. The predicted molar refractivity (Wildman–Crippen MR) is 76.9 cm³/mol. The highest BCUT2D eigenvalue weighted by Gasteiger charge is 2.14. The van der Waals surface area contributed by atoms with Crippen LogP contribution in [0.5, 0.6) is 0 Å². The number of aromatic amines is 1. The first-order chi connectivity index (χ1) is 9.56. The molecule has 2 aromatic rings. The minimum atomic E-state index is -0.458. The molecule has 0 spiro atoms. The number of nitrogens with one attached hydrogen (secondary N) is 2. The Labute approximate surface area is 121 Å². The molecule has 1 atom stereocenters. The van der Waals surface area contributed by atoms with E-state index in [4.69, 9.17) is 11.6 Å². The summed E-state index contributed by atoms with van der Waals surface area (Å²) >= 11 is 5.77. The number of H-pyrrole nitrogens is 1. The Morgan fingerprint density at radius 1 is 1.55 bits per heavy atom. The SMILES string of the molecule is C[C@H](Cc1cccnc1)NC(=O)c1cc(Cl)c[nH]c1=O. The van der Waals surface area contributed by atoms with E-state index in [9.17, 15) is 9.59 Å². The Bertz CT molecular complexity index is 655. The molecule has 2 N–H and O–H groups in total. The third-order valence-corrected chi connectivity index (χ3v) is 2.97. The third-order valence-electron chi connectivity index (χ3n) is 2.75. The topological polar surface area (TPSA) is 74.8 Å². The van der Waals surface area contributed by atoms with Crippen LogP contribution < -0.4 is 10.9 Å². The van der Waals surface area contributed by atoms with Gasteiger partial charge in [-0.05, 0) is 31.0 Å². The van der Waals surface area contributed by atoms with Crippen molar-refractivity contribution in [3.63, 3.8) is 0 Å². The fourth-order valence-electron chi connectivity index (χ4n) is 1.85. The van der Waals surface area contributed by atoms with E-state index in [1.54, 1.807) is 12.4 Å². The maximum absolute atomic E-state index is 12.0. The number of aromatic nitrogens is 2. The molecule has 0 aliphatic carbocycles. The molecule has 0 saturated carbocycles. The summed E-state index contributed by atoms with van der Waals surface area (Å²) in [5.41, 5.74) is 0.566. The number of pyridine rings is 2. The third kappa shape index (κ3) is 3.68. The first-order valence-corrected chi connectivity index (χ1v) is 6.52. The van der Waals surface area contributed by atoms with E-state index in [0.717, 1.165) is 5.56 Å². The lowest BCUT2D eigenvalue weighted by Crippen LogP contribution is -2.37. The van der Waals surface area contributed by atoms with Crippen LogP contribution in [0.3, 0.4) is 0 Å². The summed E-state index contributed by atoms with van der Waals surface area (Å²) in [7, 11) is 0. The van der Waals surface area contributed by atoms with Gasteiger partial charge in [-0.25, -0.2) is 0 Å². The van der Waals surface area contributed by atoms with Crippen LogP contribution in [0.2, 0.25) is 5.02 Å². The molecule has 0 aromatic carbocycles. The van der Waals surface area contributed by atoms with Crippen LogP contribution >= 0.6 is 11.6 Å². The molecule has 104 valence electrons. The summed E-state index contributed by atoms with van der Waals surface area (Å²) in [5.74, 6) is -0.440. The van der Waals surface area contributed by atoms with Crippen molar-refractivity contribution >= 4 is 17.5 Å². The molecule has 0 aliphatic rings. The molecule has 0 fully saturated rings. The Kier molecular flexibility index (Phi) is 4.53. The average Bonchev–Trinajstić information content (AvgIpc) is 2.42. The van der Waals surface area contributed by atoms with E-state index in [2.05, 4.69) is 15.3 Å². The number of rotatable bonds is 4. The van der Waals surface area contributed by atoms with Crippen LogP contribution in [0.25, 0.3) is 0 Å². The highest BCUT2D eigenvalue weighted by molar-refractivity contribution is 6.30. The molecule has 1 amide bonds. The number of carbonyl (C=O) groups excluding carboxylic acids is 1. The standard InChI is InChI=1S/C14H14ClN3O2/c1-9(5-10-3-2-4-16-7-10)18-14(20)12-6-11(15)8-17-13(12)19/h2-4,6-9H,5H2,1H3,(H,17,19)(H,18,20)/t9-/m1/s1. The maximum atomic E-state index is 12.0. The lowest BCUT2D eigenvalue weighted by molar-refractivity contribution is 0.0938. The lowest BCUT2D eigenvalue weighted by Gasteiger charge is -2.13. The van der Waals surface area contributed by atoms with E-state index in [1.807, 2.05) is 19.1 Å². The van der Waals surface area contributed by atoms with Gasteiger partial charge in [0.2, 0.25) is 0 Å². The molecule has 0 saturated heterocycles. The molecule has 5 nitrogen and oxygen atoms in total. The average molecular weight is 292 g/mol. The summed E-state index contributed by atoms with van der Waals surface area (Å²) in [6.45, 7) is 1.86. The second-order valence-electron chi connectivity index (χ2n) is 4.50. The molecule has 0 bridgehead atoms. The van der Waals surface area contributed by atoms with Gasteiger partial charge in [-0.1, -0.05) is 17.7 Å². The summed E-state index contributed by atoms with van der Waals surface area (Å²) in [5, 5.41) is 3.08. The normalized spacial score (nSPS) is 11.9. The van der Waals surface area contributed by atoms with Gasteiger partial charge in [0.05, 0.1) is 5.02 Å². The Morgan fingerprint density at radius 2 is 2.35 bits per heavy atom. The van der Waals surface area contributed by atoms with Gasteiger partial charge in [-0.2, -0.15) is 0 Å². The van der Waals surface area contributed by atoms with Crippen LogP contribution in [0, 0.1) is 0 Å². The molecule has 6 heteroatoms. The van der Waals surface area contributed by atoms with Crippen molar-refractivity contribution in [2.75, 3.05) is 0 Å². The highest BCUT2D eigenvalue weighted by Crippen LogP contribution is 2.06. The second-order valence-corrected chi connectivity index (χ2v) is 4.94.